The van der Waals surface area contributed by atoms with E-state index in [1.165, 1.54) is 0 Å². The van der Waals surface area contributed by atoms with Crippen LogP contribution in [-0.2, 0) is 4.74 Å². The first-order valence-corrected chi connectivity index (χ1v) is 9.81. The number of hydrogen-bond acceptors (Lipinski definition) is 4. The Bertz CT molecular complexity index is 622. The maximum Gasteiger partial charge on any atom is 0.409 e. The summed E-state index contributed by atoms with van der Waals surface area (Å²) in [5.41, 5.74) is 0.779. The molecule has 0 bridgehead atoms. The number of ether oxygens (including phenoxy) is 1. The summed E-state index contributed by atoms with van der Waals surface area (Å²) < 4.78 is 5.05. The number of aliphatic hydroxyl groups is 1. The third-order valence-corrected chi connectivity index (χ3v) is 4.64. The number of guanidine groups is 1. The molecule has 0 radical (unpaired) electrons. The highest BCUT2D eigenvalue weighted by atomic mass is 127. The molecule has 0 saturated carbocycles. The van der Waals surface area contributed by atoms with Gasteiger partial charge in [0.15, 0.2) is 5.96 Å². The molecule has 1 saturated heterocycles. The average molecular weight is 525 g/mol. The van der Waals surface area contributed by atoms with E-state index in [0.717, 1.165) is 24.9 Å². The maximum absolute atomic E-state index is 11.8. The number of halogens is 2. The Kier molecular flexibility index (Phi) is 11.6. The highest BCUT2D eigenvalue weighted by Gasteiger charge is 2.24. The highest BCUT2D eigenvalue weighted by molar-refractivity contribution is 14.0. The quantitative estimate of drug-likeness (QED) is 0.302. The van der Waals surface area contributed by atoms with Crippen molar-refractivity contribution >= 4 is 47.6 Å². The van der Waals surface area contributed by atoms with Gasteiger partial charge < -0.3 is 25.4 Å². The number of benzene rings is 1. The first kappa shape index (κ1) is 24.8. The first-order chi connectivity index (χ1) is 13.0. The molecule has 0 aromatic heterocycles. The van der Waals surface area contributed by atoms with Gasteiger partial charge in [-0.15, -0.1) is 24.0 Å². The van der Waals surface area contributed by atoms with Crippen molar-refractivity contribution < 1.29 is 14.6 Å². The third kappa shape index (κ3) is 8.00. The van der Waals surface area contributed by atoms with Crippen molar-refractivity contribution in [2.75, 3.05) is 32.8 Å². The predicted octanol–water partition coefficient (Wildman–Crippen LogP) is 3.17. The molecule has 1 fully saturated rings. The summed E-state index contributed by atoms with van der Waals surface area (Å²) in [4.78, 5) is 18.0. The number of carbonyl (C=O) groups is 1. The molecule has 1 atom stereocenters. The summed E-state index contributed by atoms with van der Waals surface area (Å²) in [5, 5.41) is 17.5. The Morgan fingerprint density at radius 2 is 1.96 bits per heavy atom. The lowest BCUT2D eigenvalue weighted by molar-refractivity contribution is 0.0963. The molecule has 3 N–H and O–H groups in total. The topological polar surface area (TPSA) is 86.2 Å². The molecular weight excluding hydrogens is 495 g/mol. The molecule has 1 heterocycles. The summed E-state index contributed by atoms with van der Waals surface area (Å²) >= 11 is 5.88. The number of amides is 1. The van der Waals surface area contributed by atoms with E-state index in [0.29, 0.717) is 30.7 Å². The second-order valence-electron chi connectivity index (χ2n) is 6.39. The van der Waals surface area contributed by atoms with Gasteiger partial charge in [0.2, 0.25) is 0 Å². The molecule has 1 unspecified atom stereocenters. The number of rotatable bonds is 6. The van der Waals surface area contributed by atoms with Gasteiger partial charge in [-0.05, 0) is 44.4 Å². The van der Waals surface area contributed by atoms with E-state index < -0.39 is 6.10 Å². The number of piperidine rings is 1. The van der Waals surface area contributed by atoms with Gasteiger partial charge in [-0.1, -0.05) is 23.7 Å². The molecule has 28 heavy (non-hydrogen) atoms. The molecule has 0 spiro atoms. The molecule has 1 aliphatic heterocycles. The molecule has 7 nitrogen and oxygen atoms in total. The van der Waals surface area contributed by atoms with Crippen LogP contribution in [0.2, 0.25) is 5.02 Å². The summed E-state index contributed by atoms with van der Waals surface area (Å²) in [7, 11) is 0. The zero-order valence-electron chi connectivity index (χ0n) is 16.4. The number of carbonyl (C=O) groups excluding carboxylic acids is 1. The van der Waals surface area contributed by atoms with E-state index in [1.54, 1.807) is 29.2 Å². The van der Waals surface area contributed by atoms with E-state index in [9.17, 15) is 9.90 Å². The van der Waals surface area contributed by atoms with Crippen LogP contribution in [-0.4, -0.2) is 60.9 Å². The van der Waals surface area contributed by atoms with Gasteiger partial charge in [0.05, 0.1) is 19.3 Å². The average Bonchev–Trinajstić information content (AvgIpc) is 2.67. The molecule has 158 valence electrons. The zero-order chi connectivity index (χ0) is 19.6. The normalized spacial score (nSPS) is 16.1. The van der Waals surface area contributed by atoms with Crippen molar-refractivity contribution in [1.82, 2.24) is 15.5 Å². The molecule has 1 aliphatic rings. The summed E-state index contributed by atoms with van der Waals surface area (Å²) in [6.45, 7) is 6.49. The van der Waals surface area contributed by atoms with Crippen molar-refractivity contribution in [2.24, 2.45) is 4.99 Å². The lowest BCUT2D eigenvalue weighted by atomic mass is 10.1. The van der Waals surface area contributed by atoms with E-state index >= 15 is 0 Å². The van der Waals surface area contributed by atoms with Gasteiger partial charge >= 0.3 is 6.09 Å². The summed E-state index contributed by atoms with van der Waals surface area (Å²) in [6.07, 6.45) is 0.706. The number of nitrogens with zero attached hydrogens (tertiary/aromatic N) is 2. The van der Waals surface area contributed by atoms with Crippen molar-refractivity contribution in [1.29, 1.82) is 0 Å². The SMILES string of the molecule is CCNC(=NCC(O)c1ccc(Cl)cc1)NC1CCN(C(=O)OCC)CC1.I. The Labute approximate surface area is 188 Å². The van der Waals surface area contributed by atoms with Crippen LogP contribution in [0.3, 0.4) is 0 Å². The second-order valence-corrected chi connectivity index (χ2v) is 6.83. The number of nitrogens with one attached hydrogen (secondary N) is 2. The molecule has 1 amide bonds. The van der Waals surface area contributed by atoms with E-state index in [1.807, 2.05) is 13.8 Å². The van der Waals surface area contributed by atoms with Crippen LogP contribution in [0.4, 0.5) is 4.79 Å². The lowest BCUT2D eigenvalue weighted by Gasteiger charge is -2.32. The first-order valence-electron chi connectivity index (χ1n) is 9.43. The Hall–Kier alpha value is -1.26. The van der Waals surface area contributed by atoms with Crippen LogP contribution in [0, 0.1) is 0 Å². The van der Waals surface area contributed by atoms with Crippen molar-refractivity contribution in [3.63, 3.8) is 0 Å². The lowest BCUT2D eigenvalue weighted by Crippen LogP contribution is -2.50. The molecule has 2 rings (SSSR count). The van der Waals surface area contributed by atoms with Crippen LogP contribution in [0.25, 0.3) is 0 Å². The van der Waals surface area contributed by atoms with Crippen molar-refractivity contribution in [3.8, 4) is 0 Å². The molecular formula is C19H30ClIN4O3. The minimum absolute atomic E-state index is 0. The minimum Gasteiger partial charge on any atom is -0.450 e. The highest BCUT2D eigenvalue weighted by Crippen LogP contribution is 2.17. The molecule has 1 aromatic carbocycles. The fraction of sp³-hybridized carbons (Fsp3) is 0.579. The van der Waals surface area contributed by atoms with E-state index in [2.05, 4.69) is 15.6 Å². The number of aliphatic hydroxyl groups excluding tert-OH is 1. The van der Waals surface area contributed by atoms with Crippen LogP contribution in [0.5, 0.6) is 0 Å². The monoisotopic (exact) mass is 524 g/mol. The smallest absolute Gasteiger partial charge is 0.409 e. The van der Waals surface area contributed by atoms with E-state index in [4.69, 9.17) is 16.3 Å². The largest absolute Gasteiger partial charge is 0.450 e. The van der Waals surface area contributed by atoms with Crippen molar-refractivity contribution in [3.05, 3.63) is 34.9 Å². The fourth-order valence-electron chi connectivity index (χ4n) is 2.90. The third-order valence-electron chi connectivity index (χ3n) is 4.38. The van der Waals surface area contributed by atoms with Gasteiger partial charge in [0.25, 0.3) is 0 Å². The zero-order valence-corrected chi connectivity index (χ0v) is 19.4. The number of likely N-dealkylation sites (tertiary alicyclic amines) is 1. The molecule has 1 aromatic rings. The predicted molar refractivity (Wildman–Crippen MR) is 123 cm³/mol. The van der Waals surface area contributed by atoms with Gasteiger partial charge in [0, 0.05) is 30.7 Å². The Balaban J connectivity index is 0.00000392. The maximum atomic E-state index is 11.8. The number of hydrogen-bond donors (Lipinski definition) is 3. The van der Waals surface area contributed by atoms with Crippen LogP contribution in [0.15, 0.2) is 29.3 Å². The van der Waals surface area contributed by atoms with Gasteiger partial charge in [0.1, 0.15) is 0 Å². The van der Waals surface area contributed by atoms with Crippen LogP contribution < -0.4 is 10.6 Å². The van der Waals surface area contributed by atoms with Crippen LogP contribution in [0.1, 0.15) is 38.4 Å². The standard InChI is InChI=1S/C19H29ClN4O3.HI/c1-3-21-18(22-13-17(25)14-5-7-15(20)8-6-14)23-16-9-11-24(12-10-16)19(26)27-4-2;/h5-8,16-17,25H,3-4,9-13H2,1-2H3,(H2,21,22,23);1H. The summed E-state index contributed by atoms with van der Waals surface area (Å²) in [6, 6.07) is 7.33. The Morgan fingerprint density at radius 3 is 2.54 bits per heavy atom. The van der Waals surface area contributed by atoms with Gasteiger partial charge in [-0.3, -0.25) is 4.99 Å². The van der Waals surface area contributed by atoms with Gasteiger partial charge in [-0.25, -0.2) is 4.79 Å². The fourth-order valence-corrected chi connectivity index (χ4v) is 3.03. The minimum atomic E-state index is -0.691. The molecule has 9 heteroatoms. The number of aliphatic imine (C=N–C) groups is 1. The Morgan fingerprint density at radius 1 is 1.32 bits per heavy atom. The van der Waals surface area contributed by atoms with E-state index in [-0.39, 0.29) is 42.7 Å². The van der Waals surface area contributed by atoms with Crippen LogP contribution >= 0.6 is 35.6 Å². The second kappa shape index (κ2) is 13.1. The molecule has 0 aliphatic carbocycles. The van der Waals surface area contributed by atoms with Crippen molar-refractivity contribution in [2.45, 2.75) is 38.8 Å². The summed E-state index contributed by atoms with van der Waals surface area (Å²) in [5.74, 6) is 0.667. The van der Waals surface area contributed by atoms with Gasteiger partial charge in [-0.2, -0.15) is 0 Å².